The molecule has 1 amide bonds. The summed E-state index contributed by atoms with van der Waals surface area (Å²) in [4.78, 5) is 13.6. The number of rotatable bonds is 4. The Kier molecular flexibility index (Phi) is 3.77. The third-order valence-corrected chi connectivity index (χ3v) is 5.78. The molecule has 5 nitrogen and oxygen atoms in total. The zero-order valence-electron chi connectivity index (χ0n) is 10.7. The summed E-state index contributed by atoms with van der Waals surface area (Å²) in [5.41, 5.74) is 0. The van der Waals surface area contributed by atoms with E-state index in [1.165, 1.54) is 0 Å². The predicted molar refractivity (Wildman–Crippen MR) is 69.5 cm³/mol. The largest absolute Gasteiger partial charge is 0.334 e. The lowest BCUT2D eigenvalue weighted by molar-refractivity contribution is -0.136. The van der Waals surface area contributed by atoms with Gasteiger partial charge in [-0.05, 0) is 19.8 Å². The SMILES string of the molecule is C=CCN1C(=O)CC[C@H]2[C@@H]1CCN2S(=O)(=O)CC. The molecule has 2 atom stereocenters. The van der Waals surface area contributed by atoms with Gasteiger partial charge < -0.3 is 4.90 Å². The normalized spacial score (nSPS) is 29.4. The molecule has 2 rings (SSSR count). The third-order valence-electron chi connectivity index (χ3n) is 3.88. The number of nitrogens with zero attached hydrogens (tertiary/aromatic N) is 2. The van der Waals surface area contributed by atoms with E-state index < -0.39 is 10.0 Å². The lowest BCUT2D eigenvalue weighted by Crippen LogP contribution is -2.53. The van der Waals surface area contributed by atoms with Crippen molar-refractivity contribution in [3.8, 4) is 0 Å². The van der Waals surface area contributed by atoms with Crippen LogP contribution in [0.15, 0.2) is 12.7 Å². The average Bonchev–Trinajstić information content (AvgIpc) is 2.77. The predicted octanol–water partition coefficient (Wildman–Crippen LogP) is 0.587. The fraction of sp³-hybridized carbons (Fsp3) is 0.750. The van der Waals surface area contributed by atoms with Gasteiger partial charge in [0.1, 0.15) is 0 Å². The van der Waals surface area contributed by atoms with Gasteiger partial charge in [0.25, 0.3) is 0 Å². The van der Waals surface area contributed by atoms with Crippen molar-refractivity contribution in [1.82, 2.24) is 9.21 Å². The van der Waals surface area contributed by atoms with Gasteiger partial charge in [0.05, 0.1) is 5.75 Å². The van der Waals surface area contributed by atoms with Crippen LogP contribution < -0.4 is 0 Å². The number of sulfonamides is 1. The van der Waals surface area contributed by atoms with E-state index in [1.54, 1.807) is 22.2 Å². The fourth-order valence-corrected chi connectivity index (χ4v) is 4.37. The lowest BCUT2D eigenvalue weighted by Gasteiger charge is -2.38. The van der Waals surface area contributed by atoms with Gasteiger partial charge in [-0.15, -0.1) is 6.58 Å². The van der Waals surface area contributed by atoms with Crippen LogP contribution in [-0.2, 0) is 14.8 Å². The molecule has 0 aromatic rings. The van der Waals surface area contributed by atoms with Crippen molar-refractivity contribution in [3.63, 3.8) is 0 Å². The van der Waals surface area contributed by atoms with E-state index in [1.807, 2.05) is 0 Å². The van der Waals surface area contributed by atoms with Gasteiger partial charge in [-0.25, -0.2) is 8.42 Å². The van der Waals surface area contributed by atoms with Crippen molar-refractivity contribution in [3.05, 3.63) is 12.7 Å². The number of hydrogen-bond acceptors (Lipinski definition) is 3. The van der Waals surface area contributed by atoms with Crippen molar-refractivity contribution in [2.75, 3.05) is 18.8 Å². The van der Waals surface area contributed by atoms with Gasteiger partial charge in [-0.3, -0.25) is 4.79 Å². The first-order chi connectivity index (χ1) is 8.51. The topological polar surface area (TPSA) is 57.7 Å². The zero-order valence-corrected chi connectivity index (χ0v) is 11.5. The molecule has 0 saturated carbocycles. The number of piperidine rings is 1. The van der Waals surface area contributed by atoms with Crippen LogP contribution in [0.25, 0.3) is 0 Å². The summed E-state index contributed by atoms with van der Waals surface area (Å²) in [6.45, 7) is 6.37. The number of hydrogen-bond donors (Lipinski definition) is 0. The first-order valence-electron chi connectivity index (χ1n) is 6.41. The van der Waals surface area contributed by atoms with Crippen LogP contribution in [0.3, 0.4) is 0 Å². The summed E-state index contributed by atoms with van der Waals surface area (Å²) in [6.07, 6.45) is 3.53. The molecular weight excluding hydrogens is 252 g/mol. The quantitative estimate of drug-likeness (QED) is 0.704. The molecule has 18 heavy (non-hydrogen) atoms. The maximum absolute atomic E-state index is 12.0. The first-order valence-corrected chi connectivity index (χ1v) is 8.02. The highest BCUT2D eigenvalue weighted by atomic mass is 32.2. The van der Waals surface area contributed by atoms with Gasteiger partial charge in [-0.1, -0.05) is 6.08 Å². The summed E-state index contributed by atoms with van der Waals surface area (Å²) >= 11 is 0. The Labute approximate surface area is 108 Å². The lowest BCUT2D eigenvalue weighted by atomic mass is 9.97. The highest BCUT2D eigenvalue weighted by molar-refractivity contribution is 7.89. The van der Waals surface area contributed by atoms with Gasteiger partial charge in [-0.2, -0.15) is 4.31 Å². The molecule has 2 heterocycles. The van der Waals surface area contributed by atoms with E-state index in [2.05, 4.69) is 6.58 Å². The number of carbonyl (C=O) groups is 1. The fourth-order valence-electron chi connectivity index (χ4n) is 3.00. The summed E-state index contributed by atoms with van der Waals surface area (Å²) in [7, 11) is -3.15. The Morgan fingerprint density at radius 1 is 1.39 bits per heavy atom. The summed E-state index contributed by atoms with van der Waals surface area (Å²) in [5, 5.41) is 0. The van der Waals surface area contributed by atoms with E-state index >= 15 is 0 Å². The average molecular weight is 272 g/mol. The van der Waals surface area contributed by atoms with Crippen molar-refractivity contribution < 1.29 is 13.2 Å². The molecule has 6 heteroatoms. The van der Waals surface area contributed by atoms with Crippen LogP contribution in [-0.4, -0.2) is 54.5 Å². The molecule has 0 aromatic heterocycles. The molecule has 0 bridgehead atoms. The number of fused-ring (bicyclic) bond motifs is 1. The van der Waals surface area contributed by atoms with E-state index in [4.69, 9.17) is 0 Å². The summed E-state index contributed by atoms with van der Waals surface area (Å²) in [6, 6.07) is -0.00169. The standard InChI is InChI=1S/C12H20N2O3S/c1-3-8-13-10-7-9-14(18(16,17)4-2)11(10)5-6-12(13)15/h3,10-11H,1,4-9H2,2H3/t10-,11-/m0/s1. The van der Waals surface area contributed by atoms with Crippen molar-refractivity contribution >= 4 is 15.9 Å². The van der Waals surface area contributed by atoms with Crippen LogP contribution in [0.1, 0.15) is 26.2 Å². The third kappa shape index (κ3) is 2.19. The molecule has 2 aliphatic rings. The van der Waals surface area contributed by atoms with Crippen molar-refractivity contribution in [2.24, 2.45) is 0 Å². The van der Waals surface area contributed by atoms with Gasteiger partial charge in [0.2, 0.25) is 15.9 Å². The second-order valence-electron chi connectivity index (χ2n) is 4.81. The molecule has 0 unspecified atom stereocenters. The molecule has 2 saturated heterocycles. The van der Waals surface area contributed by atoms with Crippen LogP contribution in [0.2, 0.25) is 0 Å². The van der Waals surface area contributed by atoms with Crippen molar-refractivity contribution in [1.29, 1.82) is 0 Å². The maximum atomic E-state index is 12.0. The van der Waals surface area contributed by atoms with E-state index in [0.717, 1.165) is 6.42 Å². The minimum atomic E-state index is -3.15. The minimum absolute atomic E-state index is 0.0329. The van der Waals surface area contributed by atoms with Crippen LogP contribution in [0, 0.1) is 0 Å². The van der Waals surface area contributed by atoms with Gasteiger partial charge >= 0.3 is 0 Å². The van der Waals surface area contributed by atoms with E-state index in [9.17, 15) is 13.2 Å². The van der Waals surface area contributed by atoms with E-state index in [0.29, 0.717) is 25.9 Å². The Morgan fingerprint density at radius 3 is 2.72 bits per heavy atom. The second-order valence-corrected chi connectivity index (χ2v) is 7.02. The zero-order chi connectivity index (χ0) is 13.3. The molecule has 0 N–H and O–H groups in total. The molecule has 2 fully saturated rings. The Bertz CT molecular complexity index is 446. The minimum Gasteiger partial charge on any atom is -0.334 e. The first kappa shape index (κ1) is 13.5. The summed E-state index contributed by atoms with van der Waals surface area (Å²) in [5.74, 6) is 0.248. The summed E-state index contributed by atoms with van der Waals surface area (Å²) < 4.78 is 25.6. The van der Waals surface area contributed by atoms with Crippen molar-refractivity contribution in [2.45, 2.75) is 38.3 Å². The molecule has 0 aromatic carbocycles. The Morgan fingerprint density at radius 2 is 2.11 bits per heavy atom. The Hall–Kier alpha value is -0.880. The number of amides is 1. The van der Waals surface area contributed by atoms with Crippen LogP contribution >= 0.6 is 0 Å². The highest BCUT2D eigenvalue weighted by Gasteiger charge is 2.46. The molecule has 102 valence electrons. The maximum Gasteiger partial charge on any atom is 0.223 e. The molecule has 0 aliphatic carbocycles. The molecular formula is C12H20N2O3S. The molecule has 0 spiro atoms. The molecule has 2 aliphatic heterocycles. The smallest absolute Gasteiger partial charge is 0.223 e. The van der Waals surface area contributed by atoms with Gasteiger partial charge in [0.15, 0.2) is 0 Å². The second kappa shape index (κ2) is 5.01. The molecule has 0 radical (unpaired) electrons. The van der Waals surface area contributed by atoms with Crippen LogP contribution in [0.5, 0.6) is 0 Å². The number of carbonyl (C=O) groups excluding carboxylic acids is 1. The monoisotopic (exact) mass is 272 g/mol. The van der Waals surface area contributed by atoms with Gasteiger partial charge in [0, 0.05) is 31.6 Å². The number of likely N-dealkylation sites (tertiary alicyclic amines) is 1. The Balaban J connectivity index is 2.22. The van der Waals surface area contributed by atoms with E-state index in [-0.39, 0.29) is 23.7 Å². The highest BCUT2D eigenvalue weighted by Crippen LogP contribution is 2.33. The van der Waals surface area contributed by atoms with Crippen LogP contribution in [0.4, 0.5) is 0 Å².